The van der Waals surface area contributed by atoms with Crippen LogP contribution in [0, 0.1) is 0 Å². The Bertz CT molecular complexity index is 855. The van der Waals surface area contributed by atoms with Gasteiger partial charge in [0.05, 0.1) is 6.61 Å². The molecule has 5 N–H and O–H groups in total. The molecule has 3 unspecified atom stereocenters. The van der Waals surface area contributed by atoms with Crippen LogP contribution >= 0.6 is 27.3 Å². The van der Waals surface area contributed by atoms with Gasteiger partial charge in [-0.15, -0.1) is 4.52 Å². The molecule has 0 spiro atoms. The van der Waals surface area contributed by atoms with Crippen molar-refractivity contribution >= 4 is 27.3 Å². The first-order valence-corrected chi connectivity index (χ1v) is 11.1. The van der Waals surface area contributed by atoms with Crippen molar-refractivity contribution in [3.8, 4) is 0 Å². The van der Waals surface area contributed by atoms with Gasteiger partial charge < -0.3 is 25.0 Å². The zero-order valence-corrected chi connectivity index (χ0v) is 16.5. The van der Waals surface area contributed by atoms with Crippen molar-refractivity contribution < 1.29 is 37.4 Å². The Kier molecular flexibility index (Phi) is 7.14. The number of H-pyrrole nitrogens is 1. The van der Waals surface area contributed by atoms with E-state index in [9.17, 15) is 18.7 Å². The van der Waals surface area contributed by atoms with Crippen molar-refractivity contribution in [1.29, 1.82) is 0 Å². The monoisotopic (exact) mass is 446 g/mol. The van der Waals surface area contributed by atoms with Gasteiger partial charge in [-0.1, -0.05) is 0 Å². The standard InChI is InChI=1S/C11H17N3O10P2S/c1-21-7-8(24-25(17)27)11(4-12,5-22-26(18,19)20)23-9(7)14-3-2-6(15)13-10(14)16/h2-3,7-9H,4-5,12H2,1H3,(H3-,13,15,16,17,18,19,20,27)/p+1/t7?,8?,9-,11-/m1/s1. The molecule has 1 aromatic rings. The summed E-state index contributed by atoms with van der Waals surface area (Å²) in [6, 6.07) is 1.06. The molecule has 1 aliphatic heterocycles. The number of hydrogen-bond acceptors (Lipinski definition) is 9. The molecule has 2 rings (SSSR count). The van der Waals surface area contributed by atoms with Crippen LogP contribution in [0.3, 0.4) is 0 Å². The van der Waals surface area contributed by atoms with E-state index in [2.05, 4.69) is 16.8 Å². The first-order chi connectivity index (χ1) is 12.5. The molecule has 0 saturated carbocycles. The highest BCUT2D eigenvalue weighted by molar-refractivity contribution is 8.39. The van der Waals surface area contributed by atoms with E-state index in [0.717, 1.165) is 16.8 Å². The van der Waals surface area contributed by atoms with Gasteiger partial charge in [-0.05, 0) is 4.57 Å². The average molecular weight is 446 g/mol. The third kappa shape index (κ3) is 5.12. The number of nitrogens with one attached hydrogen (secondary N) is 1. The van der Waals surface area contributed by atoms with E-state index in [0.29, 0.717) is 0 Å². The highest BCUT2D eigenvalue weighted by Crippen LogP contribution is 2.47. The second-order valence-corrected chi connectivity index (χ2v) is 8.43. The van der Waals surface area contributed by atoms with Crippen LogP contribution in [-0.2, 0) is 27.7 Å². The number of phosphoric ester groups is 1. The van der Waals surface area contributed by atoms with Gasteiger partial charge in [0.1, 0.15) is 24.0 Å². The van der Waals surface area contributed by atoms with Crippen LogP contribution in [0.25, 0.3) is 0 Å². The predicted molar refractivity (Wildman–Crippen MR) is 93.5 cm³/mol. The average Bonchev–Trinajstić information content (AvgIpc) is 2.85. The number of aromatic nitrogens is 2. The van der Waals surface area contributed by atoms with Crippen molar-refractivity contribution in [3.63, 3.8) is 0 Å². The smallest absolute Gasteiger partial charge is 0.374 e. The largest absolute Gasteiger partial charge is 0.582 e. The van der Waals surface area contributed by atoms with Crippen LogP contribution in [0.5, 0.6) is 0 Å². The molecule has 0 amide bonds. The number of ether oxygens (including phenoxy) is 2. The van der Waals surface area contributed by atoms with Gasteiger partial charge in [0.15, 0.2) is 12.3 Å². The molecular formula is C11H18N3O10P2S+. The second-order valence-electron chi connectivity index (χ2n) is 5.52. The summed E-state index contributed by atoms with van der Waals surface area (Å²) in [5, 5.41) is 0. The molecule has 1 aliphatic rings. The molecular weight excluding hydrogens is 428 g/mol. The number of methoxy groups -OCH3 is 1. The Balaban J connectivity index is 2.51. The number of thiol groups is 1. The lowest BCUT2D eigenvalue weighted by atomic mass is 9.96. The Morgan fingerprint density at radius 3 is 2.67 bits per heavy atom. The summed E-state index contributed by atoms with van der Waals surface area (Å²) in [6.45, 7) is -1.16. The minimum absolute atomic E-state index is 0.400. The van der Waals surface area contributed by atoms with Crippen LogP contribution in [0.15, 0.2) is 21.9 Å². The summed E-state index contributed by atoms with van der Waals surface area (Å²) in [7, 11) is -6.18. The van der Waals surface area contributed by atoms with Gasteiger partial charge in [-0.3, -0.25) is 18.9 Å². The Morgan fingerprint density at radius 2 is 2.19 bits per heavy atom. The molecule has 0 aliphatic carbocycles. The van der Waals surface area contributed by atoms with E-state index in [1.807, 2.05) is 4.98 Å². The zero-order valence-electron chi connectivity index (χ0n) is 13.8. The highest BCUT2D eigenvalue weighted by atomic mass is 32.7. The Labute approximate surface area is 158 Å². The number of nitrogens with two attached hydrogens (primary N) is 1. The number of hydrogen-bond donors (Lipinski definition) is 5. The summed E-state index contributed by atoms with van der Waals surface area (Å²) >= 11 is 3.67. The van der Waals surface area contributed by atoms with Crippen LogP contribution in [-0.4, -0.2) is 57.4 Å². The molecule has 0 aromatic carbocycles. The molecule has 2 heterocycles. The summed E-state index contributed by atoms with van der Waals surface area (Å²) < 4.78 is 44.4. The molecule has 27 heavy (non-hydrogen) atoms. The van der Waals surface area contributed by atoms with Crippen LogP contribution < -0.4 is 17.0 Å². The summed E-state index contributed by atoms with van der Waals surface area (Å²) in [5.74, 6) is 0. The van der Waals surface area contributed by atoms with Crippen LogP contribution in [0.2, 0.25) is 0 Å². The minimum atomic E-state index is -4.91. The third-order valence-corrected chi connectivity index (χ3v) is 5.03. The molecule has 13 nitrogen and oxygen atoms in total. The van der Waals surface area contributed by atoms with Crippen molar-refractivity contribution in [1.82, 2.24) is 9.55 Å². The maximum atomic E-state index is 12.1. The van der Waals surface area contributed by atoms with Gasteiger partial charge in [-0.2, -0.15) is 0 Å². The van der Waals surface area contributed by atoms with Crippen molar-refractivity contribution in [2.24, 2.45) is 5.73 Å². The summed E-state index contributed by atoms with van der Waals surface area (Å²) in [6.07, 6.45) is -2.49. The maximum Gasteiger partial charge on any atom is 0.582 e. The van der Waals surface area contributed by atoms with E-state index in [1.54, 1.807) is 0 Å². The molecule has 0 radical (unpaired) electrons. The maximum absolute atomic E-state index is 12.1. The molecule has 1 saturated heterocycles. The fraction of sp³-hybridized carbons (Fsp3) is 0.636. The lowest BCUT2D eigenvalue weighted by Gasteiger charge is -2.30. The predicted octanol–water partition coefficient (Wildman–Crippen LogP) is -1.14. The van der Waals surface area contributed by atoms with E-state index < -0.39 is 63.5 Å². The number of rotatable bonds is 8. The first-order valence-electron chi connectivity index (χ1n) is 7.28. The van der Waals surface area contributed by atoms with E-state index in [-0.39, 0.29) is 0 Å². The topological polar surface area (TPSA) is 192 Å². The van der Waals surface area contributed by atoms with Gasteiger partial charge in [0, 0.05) is 25.9 Å². The number of phosphoric acid groups is 1. The molecule has 1 aromatic heterocycles. The molecule has 152 valence electrons. The SMILES string of the molecule is COC1C(O[P+](=O)S)[C@@](CN)(COP(=O)(O)O)O[C@H]1n1ccc(=O)[nH]c1=O. The third-order valence-electron chi connectivity index (χ3n) is 3.88. The number of aromatic amines is 1. The van der Waals surface area contributed by atoms with E-state index >= 15 is 0 Å². The van der Waals surface area contributed by atoms with Gasteiger partial charge in [-0.25, -0.2) is 9.36 Å². The highest BCUT2D eigenvalue weighted by Gasteiger charge is 2.60. The fourth-order valence-corrected chi connectivity index (χ4v) is 3.89. The molecule has 16 heteroatoms. The number of nitrogens with zero attached hydrogens (tertiary/aromatic N) is 1. The second kappa shape index (κ2) is 8.62. The van der Waals surface area contributed by atoms with E-state index in [1.165, 1.54) is 7.11 Å². The Hall–Kier alpha value is -0.920. The quantitative estimate of drug-likeness (QED) is 0.239. The lowest BCUT2D eigenvalue weighted by Crippen LogP contribution is -2.53. The van der Waals surface area contributed by atoms with Crippen LogP contribution in [0.4, 0.5) is 0 Å². The Morgan fingerprint density at radius 1 is 1.52 bits per heavy atom. The first kappa shape index (κ1) is 22.4. The van der Waals surface area contributed by atoms with Gasteiger partial charge in [0.2, 0.25) is 0 Å². The summed E-state index contributed by atoms with van der Waals surface area (Å²) in [4.78, 5) is 43.4. The molecule has 1 fully saturated rings. The summed E-state index contributed by atoms with van der Waals surface area (Å²) in [5.41, 5.74) is 2.50. The van der Waals surface area contributed by atoms with Gasteiger partial charge >= 0.3 is 20.7 Å². The fourth-order valence-electron chi connectivity index (χ4n) is 2.69. The molecule has 5 atom stereocenters. The minimum Gasteiger partial charge on any atom is -0.374 e. The normalized spacial score (nSPS) is 29.1. The zero-order chi connectivity index (χ0) is 20.4. The lowest BCUT2D eigenvalue weighted by molar-refractivity contribution is -0.117. The van der Waals surface area contributed by atoms with Crippen molar-refractivity contribution in [2.75, 3.05) is 20.3 Å². The van der Waals surface area contributed by atoms with Crippen molar-refractivity contribution in [3.05, 3.63) is 33.1 Å². The van der Waals surface area contributed by atoms with E-state index in [4.69, 9.17) is 29.5 Å². The van der Waals surface area contributed by atoms with Crippen LogP contribution in [0.1, 0.15) is 6.23 Å². The molecule has 0 bridgehead atoms. The van der Waals surface area contributed by atoms with Crippen molar-refractivity contribution in [2.45, 2.75) is 24.0 Å². The van der Waals surface area contributed by atoms with Gasteiger partial charge in [0.25, 0.3) is 5.56 Å².